The van der Waals surface area contributed by atoms with E-state index in [2.05, 4.69) is 10.3 Å². The fourth-order valence-electron chi connectivity index (χ4n) is 2.71. The lowest BCUT2D eigenvalue weighted by Crippen LogP contribution is -2.30. The van der Waals surface area contributed by atoms with Crippen LogP contribution in [-0.4, -0.2) is 22.0 Å². The van der Waals surface area contributed by atoms with Gasteiger partial charge in [0.15, 0.2) is 0 Å². The second-order valence-electron chi connectivity index (χ2n) is 5.03. The number of aliphatic carboxylic acids is 1. The highest BCUT2D eigenvalue weighted by molar-refractivity contribution is 5.95. The molecule has 1 aromatic heterocycles. The second-order valence-corrected chi connectivity index (χ2v) is 5.03. The summed E-state index contributed by atoms with van der Waals surface area (Å²) in [5, 5.41) is 12.0. The number of rotatable bonds is 4. The minimum absolute atomic E-state index is 0.212. The molecule has 5 nitrogen and oxygen atoms in total. The number of hydrogen-bond acceptors (Lipinski definition) is 3. The number of pyridine rings is 1. The Labute approximate surface area is 112 Å². The molecule has 1 fully saturated rings. The van der Waals surface area contributed by atoms with Crippen LogP contribution in [0.3, 0.4) is 0 Å². The maximum absolute atomic E-state index is 12.2. The van der Waals surface area contributed by atoms with E-state index in [1.54, 1.807) is 24.5 Å². The lowest BCUT2D eigenvalue weighted by molar-refractivity contribution is -0.145. The molecule has 2 rings (SSSR count). The molecule has 1 heterocycles. The van der Waals surface area contributed by atoms with Crippen molar-refractivity contribution in [2.45, 2.75) is 26.2 Å². The van der Waals surface area contributed by atoms with Gasteiger partial charge in [0.05, 0.1) is 23.7 Å². The number of carboxylic acid groups (broad SMARTS) is 1. The summed E-state index contributed by atoms with van der Waals surface area (Å²) in [4.78, 5) is 27.3. The number of carbonyl (C=O) groups excluding carboxylic acids is 1. The SMILES string of the molecule is CCC1C[C@H](C(=O)Nc2cccnc2)[C@H](C(=O)O)C1. The van der Waals surface area contributed by atoms with Crippen molar-refractivity contribution >= 4 is 17.6 Å². The molecule has 1 aliphatic carbocycles. The second kappa shape index (κ2) is 5.82. The summed E-state index contributed by atoms with van der Waals surface area (Å²) in [6.07, 6.45) is 5.34. The quantitative estimate of drug-likeness (QED) is 0.871. The van der Waals surface area contributed by atoms with Gasteiger partial charge in [-0.15, -0.1) is 0 Å². The average Bonchev–Trinajstić information content (AvgIpc) is 2.84. The van der Waals surface area contributed by atoms with E-state index in [4.69, 9.17) is 0 Å². The Hall–Kier alpha value is -1.91. The lowest BCUT2D eigenvalue weighted by atomic mass is 9.95. The predicted octanol–water partition coefficient (Wildman–Crippen LogP) is 2.16. The van der Waals surface area contributed by atoms with Gasteiger partial charge in [0.2, 0.25) is 5.91 Å². The summed E-state index contributed by atoms with van der Waals surface area (Å²) >= 11 is 0. The first-order chi connectivity index (χ1) is 9.11. The van der Waals surface area contributed by atoms with Crippen LogP contribution in [0.5, 0.6) is 0 Å². The number of nitrogens with zero attached hydrogens (tertiary/aromatic N) is 1. The van der Waals surface area contributed by atoms with Crippen LogP contribution in [0.2, 0.25) is 0 Å². The number of aromatic nitrogens is 1. The molecule has 3 atom stereocenters. The van der Waals surface area contributed by atoms with Crippen LogP contribution >= 0.6 is 0 Å². The van der Waals surface area contributed by atoms with Crippen molar-refractivity contribution in [3.63, 3.8) is 0 Å². The summed E-state index contributed by atoms with van der Waals surface area (Å²) in [6.45, 7) is 2.03. The summed E-state index contributed by atoms with van der Waals surface area (Å²) in [5.74, 6) is -1.77. The maximum Gasteiger partial charge on any atom is 0.307 e. The van der Waals surface area contributed by atoms with Gasteiger partial charge in [0.25, 0.3) is 0 Å². The van der Waals surface area contributed by atoms with E-state index in [9.17, 15) is 14.7 Å². The van der Waals surface area contributed by atoms with Gasteiger partial charge < -0.3 is 10.4 Å². The molecule has 1 aromatic rings. The molecule has 2 N–H and O–H groups in total. The molecule has 1 amide bonds. The van der Waals surface area contributed by atoms with E-state index < -0.39 is 17.8 Å². The highest BCUT2D eigenvalue weighted by Crippen LogP contribution is 2.38. The molecule has 0 aromatic carbocycles. The molecule has 0 radical (unpaired) electrons. The molecule has 102 valence electrons. The zero-order valence-corrected chi connectivity index (χ0v) is 10.9. The van der Waals surface area contributed by atoms with Crippen molar-refractivity contribution in [3.05, 3.63) is 24.5 Å². The van der Waals surface area contributed by atoms with Crippen LogP contribution in [0.1, 0.15) is 26.2 Å². The van der Waals surface area contributed by atoms with E-state index in [1.807, 2.05) is 6.92 Å². The van der Waals surface area contributed by atoms with E-state index in [-0.39, 0.29) is 5.91 Å². The average molecular weight is 262 g/mol. The van der Waals surface area contributed by atoms with Gasteiger partial charge in [-0.3, -0.25) is 14.6 Å². The minimum Gasteiger partial charge on any atom is -0.481 e. The first-order valence-electron chi connectivity index (χ1n) is 6.55. The Morgan fingerprint density at radius 3 is 2.74 bits per heavy atom. The summed E-state index contributed by atoms with van der Waals surface area (Å²) < 4.78 is 0. The summed E-state index contributed by atoms with van der Waals surface area (Å²) in [6, 6.07) is 3.47. The third-order valence-corrected chi connectivity index (χ3v) is 3.82. The molecular formula is C14H18N2O3. The Balaban J connectivity index is 2.07. The molecule has 1 unspecified atom stereocenters. The van der Waals surface area contributed by atoms with Crippen LogP contribution in [0.15, 0.2) is 24.5 Å². The van der Waals surface area contributed by atoms with E-state index >= 15 is 0 Å². The van der Waals surface area contributed by atoms with Crippen molar-refractivity contribution in [1.82, 2.24) is 4.98 Å². The number of amides is 1. The van der Waals surface area contributed by atoms with Crippen LogP contribution in [0.4, 0.5) is 5.69 Å². The number of anilines is 1. The normalized spacial score (nSPS) is 26.1. The van der Waals surface area contributed by atoms with Gasteiger partial charge in [0.1, 0.15) is 0 Å². The maximum atomic E-state index is 12.2. The molecule has 19 heavy (non-hydrogen) atoms. The Bertz CT molecular complexity index is 461. The highest BCUT2D eigenvalue weighted by atomic mass is 16.4. The first-order valence-corrected chi connectivity index (χ1v) is 6.55. The minimum atomic E-state index is -0.873. The van der Waals surface area contributed by atoms with Gasteiger partial charge in [0, 0.05) is 6.20 Å². The molecule has 5 heteroatoms. The standard InChI is InChI=1S/C14H18N2O3/c1-2-9-6-11(12(7-9)14(18)19)13(17)16-10-4-3-5-15-8-10/h3-5,8-9,11-12H,2,6-7H2,1H3,(H,16,17)(H,18,19)/t9?,11-,12+/m0/s1. The molecule has 1 aliphatic rings. The molecule has 0 spiro atoms. The van der Waals surface area contributed by atoms with Gasteiger partial charge >= 0.3 is 5.97 Å². The third-order valence-electron chi connectivity index (χ3n) is 3.82. The fourth-order valence-corrected chi connectivity index (χ4v) is 2.71. The molecule has 0 saturated heterocycles. The molecule has 1 saturated carbocycles. The third kappa shape index (κ3) is 3.10. The van der Waals surface area contributed by atoms with Gasteiger partial charge in [-0.25, -0.2) is 0 Å². The number of nitrogens with one attached hydrogen (secondary N) is 1. The number of hydrogen-bond donors (Lipinski definition) is 2. The Kier molecular flexibility index (Phi) is 4.14. The lowest BCUT2D eigenvalue weighted by Gasteiger charge is -2.15. The van der Waals surface area contributed by atoms with Gasteiger partial charge in [-0.05, 0) is 30.9 Å². The molecule has 0 bridgehead atoms. The summed E-state index contributed by atoms with van der Waals surface area (Å²) in [5.41, 5.74) is 0.608. The molecular weight excluding hydrogens is 244 g/mol. The predicted molar refractivity (Wildman–Crippen MR) is 70.5 cm³/mol. The van der Waals surface area contributed by atoms with E-state index in [1.165, 1.54) is 0 Å². The fraction of sp³-hybridized carbons (Fsp3) is 0.500. The Morgan fingerprint density at radius 1 is 1.42 bits per heavy atom. The van der Waals surface area contributed by atoms with Crippen molar-refractivity contribution in [1.29, 1.82) is 0 Å². The van der Waals surface area contributed by atoms with Crippen molar-refractivity contribution in [2.75, 3.05) is 5.32 Å². The zero-order chi connectivity index (χ0) is 13.8. The number of carbonyl (C=O) groups is 2. The van der Waals surface area contributed by atoms with Gasteiger partial charge in [-0.2, -0.15) is 0 Å². The summed E-state index contributed by atoms with van der Waals surface area (Å²) in [7, 11) is 0. The van der Waals surface area contributed by atoms with Crippen LogP contribution in [0.25, 0.3) is 0 Å². The van der Waals surface area contributed by atoms with Crippen molar-refractivity contribution in [2.24, 2.45) is 17.8 Å². The van der Waals surface area contributed by atoms with Crippen LogP contribution in [0, 0.1) is 17.8 Å². The van der Waals surface area contributed by atoms with Crippen molar-refractivity contribution < 1.29 is 14.7 Å². The largest absolute Gasteiger partial charge is 0.481 e. The van der Waals surface area contributed by atoms with Crippen molar-refractivity contribution in [3.8, 4) is 0 Å². The van der Waals surface area contributed by atoms with E-state index in [0.717, 1.165) is 6.42 Å². The Morgan fingerprint density at radius 2 is 2.16 bits per heavy atom. The topological polar surface area (TPSA) is 79.3 Å². The van der Waals surface area contributed by atoms with Crippen LogP contribution < -0.4 is 5.32 Å². The van der Waals surface area contributed by atoms with Crippen LogP contribution in [-0.2, 0) is 9.59 Å². The van der Waals surface area contributed by atoms with Gasteiger partial charge in [-0.1, -0.05) is 13.3 Å². The zero-order valence-electron chi connectivity index (χ0n) is 10.9. The number of carboxylic acids is 1. The molecule has 0 aliphatic heterocycles. The first kappa shape index (κ1) is 13.5. The monoisotopic (exact) mass is 262 g/mol. The highest BCUT2D eigenvalue weighted by Gasteiger charge is 2.42. The van der Waals surface area contributed by atoms with E-state index in [0.29, 0.717) is 24.4 Å². The smallest absolute Gasteiger partial charge is 0.307 e.